The van der Waals surface area contributed by atoms with E-state index < -0.39 is 0 Å². The van der Waals surface area contributed by atoms with Gasteiger partial charge in [-0.15, -0.1) is 5.10 Å². The van der Waals surface area contributed by atoms with Crippen LogP contribution >= 0.6 is 0 Å². The van der Waals surface area contributed by atoms with Gasteiger partial charge in [-0.25, -0.2) is 0 Å². The molecule has 5 nitrogen and oxygen atoms in total. The Bertz CT molecular complexity index is 692. The van der Waals surface area contributed by atoms with E-state index in [-0.39, 0.29) is 0 Å². The zero-order chi connectivity index (χ0) is 14.5. The molecule has 106 valence electrons. The molecule has 21 heavy (non-hydrogen) atoms. The molecule has 0 atom stereocenters. The summed E-state index contributed by atoms with van der Waals surface area (Å²) < 4.78 is 7.43. The van der Waals surface area contributed by atoms with Crippen LogP contribution in [0.15, 0.2) is 60.8 Å². The second-order valence-electron chi connectivity index (χ2n) is 4.68. The second kappa shape index (κ2) is 6.09. The molecule has 5 heteroatoms. The quantitative estimate of drug-likeness (QED) is 0.779. The first-order chi connectivity index (χ1) is 10.3. The van der Waals surface area contributed by atoms with Crippen molar-refractivity contribution in [2.24, 2.45) is 7.05 Å². The third-order valence-corrected chi connectivity index (χ3v) is 2.96. The molecule has 0 aliphatic rings. The molecule has 0 aliphatic heterocycles. The van der Waals surface area contributed by atoms with Crippen LogP contribution in [-0.4, -0.2) is 15.0 Å². The van der Waals surface area contributed by atoms with E-state index in [1.54, 1.807) is 4.68 Å². The van der Waals surface area contributed by atoms with Crippen LogP contribution in [0.4, 0.5) is 5.69 Å². The van der Waals surface area contributed by atoms with Crippen molar-refractivity contribution in [1.82, 2.24) is 15.0 Å². The Morgan fingerprint density at radius 2 is 1.71 bits per heavy atom. The van der Waals surface area contributed by atoms with Crippen LogP contribution in [0.25, 0.3) is 0 Å². The highest BCUT2D eigenvalue weighted by molar-refractivity contribution is 5.47. The molecular formula is C16H16N4O. The minimum absolute atomic E-state index is 0.646. The fourth-order valence-corrected chi connectivity index (χ4v) is 1.93. The largest absolute Gasteiger partial charge is 0.457 e. The Morgan fingerprint density at radius 3 is 2.38 bits per heavy atom. The molecule has 0 unspecified atom stereocenters. The van der Waals surface area contributed by atoms with Crippen LogP contribution in [0.2, 0.25) is 0 Å². The molecule has 0 aliphatic carbocycles. The topological polar surface area (TPSA) is 52.0 Å². The maximum absolute atomic E-state index is 5.75. The Balaban J connectivity index is 1.59. The number of rotatable bonds is 5. The molecule has 1 N–H and O–H groups in total. The summed E-state index contributed by atoms with van der Waals surface area (Å²) in [6.07, 6.45) is 1.89. The smallest absolute Gasteiger partial charge is 0.127 e. The molecule has 0 saturated heterocycles. The molecule has 1 heterocycles. The minimum atomic E-state index is 0.646. The van der Waals surface area contributed by atoms with Gasteiger partial charge in [0.15, 0.2) is 0 Å². The highest BCUT2D eigenvalue weighted by Gasteiger charge is 2.00. The maximum atomic E-state index is 5.75. The van der Waals surface area contributed by atoms with Crippen molar-refractivity contribution < 1.29 is 4.74 Å². The Morgan fingerprint density at radius 1 is 1.00 bits per heavy atom. The zero-order valence-electron chi connectivity index (χ0n) is 11.7. The van der Waals surface area contributed by atoms with E-state index in [9.17, 15) is 0 Å². The fraction of sp³-hybridized carbons (Fsp3) is 0.125. The van der Waals surface area contributed by atoms with Crippen molar-refractivity contribution >= 4 is 5.69 Å². The predicted molar refractivity (Wildman–Crippen MR) is 81.3 cm³/mol. The van der Waals surface area contributed by atoms with E-state index in [0.29, 0.717) is 6.54 Å². The molecular weight excluding hydrogens is 264 g/mol. The lowest BCUT2D eigenvalue weighted by molar-refractivity contribution is 0.483. The molecule has 1 aromatic heterocycles. The van der Waals surface area contributed by atoms with Crippen molar-refractivity contribution in [3.63, 3.8) is 0 Å². The monoisotopic (exact) mass is 280 g/mol. The third-order valence-electron chi connectivity index (χ3n) is 2.96. The Kier molecular flexibility index (Phi) is 3.82. The highest BCUT2D eigenvalue weighted by Crippen LogP contribution is 2.22. The van der Waals surface area contributed by atoms with Crippen molar-refractivity contribution in [2.45, 2.75) is 6.54 Å². The summed E-state index contributed by atoms with van der Waals surface area (Å²) in [7, 11) is 1.85. The summed E-state index contributed by atoms with van der Waals surface area (Å²) in [5.41, 5.74) is 1.92. The summed E-state index contributed by atoms with van der Waals surface area (Å²) >= 11 is 0. The number of anilines is 1. The summed E-state index contributed by atoms with van der Waals surface area (Å²) in [5, 5.41) is 11.2. The van der Waals surface area contributed by atoms with Crippen molar-refractivity contribution in [2.75, 3.05) is 5.32 Å². The number of nitrogens with zero attached hydrogens (tertiary/aromatic N) is 3. The molecule has 0 radical (unpaired) electrons. The third kappa shape index (κ3) is 3.60. The summed E-state index contributed by atoms with van der Waals surface area (Å²) in [5.74, 6) is 1.64. The van der Waals surface area contributed by atoms with Crippen LogP contribution in [-0.2, 0) is 13.6 Å². The van der Waals surface area contributed by atoms with Crippen molar-refractivity contribution in [3.05, 3.63) is 66.5 Å². The molecule has 0 spiro atoms. The van der Waals surface area contributed by atoms with Gasteiger partial charge in [0.25, 0.3) is 0 Å². The minimum Gasteiger partial charge on any atom is -0.457 e. The second-order valence-corrected chi connectivity index (χ2v) is 4.68. The maximum Gasteiger partial charge on any atom is 0.127 e. The number of hydrogen-bond donors (Lipinski definition) is 1. The summed E-state index contributed by atoms with van der Waals surface area (Å²) in [4.78, 5) is 0. The van der Waals surface area contributed by atoms with Gasteiger partial charge in [0, 0.05) is 18.9 Å². The molecule has 0 bridgehead atoms. The molecule has 0 amide bonds. The molecule has 0 fully saturated rings. The van der Waals surface area contributed by atoms with Gasteiger partial charge in [0.05, 0.1) is 6.54 Å². The lowest BCUT2D eigenvalue weighted by Gasteiger charge is -2.07. The average molecular weight is 280 g/mol. The molecule has 0 saturated carbocycles. The summed E-state index contributed by atoms with van der Waals surface area (Å²) in [6.45, 7) is 0.646. The van der Waals surface area contributed by atoms with E-state index in [2.05, 4.69) is 15.6 Å². The van der Waals surface area contributed by atoms with E-state index in [4.69, 9.17) is 4.74 Å². The van der Waals surface area contributed by atoms with Gasteiger partial charge >= 0.3 is 0 Å². The average Bonchev–Trinajstić information content (AvgIpc) is 2.93. The summed E-state index contributed by atoms with van der Waals surface area (Å²) in [6, 6.07) is 17.6. The number of benzene rings is 2. The lowest BCUT2D eigenvalue weighted by atomic mass is 10.3. The number of ether oxygens (including phenoxy) is 1. The van der Waals surface area contributed by atoms with Gasteiger partial charge in [-0.2, -0.15) is 0 Å². The van der Waals surface area contributed by atoms with Crippen molar-refractivity contribution in [1.29, 1.82) is 0 Å². The number of para-hydroxylation sites is 1. The van der Waals surface area contributed by atoms with Gasteiger partial charge < -0.3 is 10.1 Å². The van der Waals surface area contributed by atoms with Crippen molar-refractivity contribution in [3.8, 4) is 11.5 Å². The molecule has 3 aromatic rings. The van der Waals surface area contributed by atoms with Gasteiger partial charge in [-0.05, 0) is 36.4 Å². The van der Waals surface area contributed by atoms with Crippen LogP contribution in [0, 0.1) is 0 Å². The van der Waals surface area contributed by atoms with Crippen LogP contribution in [0.1, 0.15) is 5.69 Å². The van der Waals surface area contributed by atoms with Gasteiger partial charge in [0.2, 0.25) is 0 Å². The van der Waals surface area contributed by atoms with E-state index in [1.807, 2.05) is 67.8 Å². The number of aromatic nitrogens is 3. The van der Waals surface area contributed by atoms with Gasteiger partial charge in [0.1, 0.15) is 17.2 Å². The van der Waals surface area contributed by atoms with E-state index >= 15 is 0 Å². The Labute approximate surface area is 123 Å². The Hall–Kier alpha value is -2.82. The normalized spacial score (nSPS) is 10.3. The number of nitrogens with one attached hydrogen (secondary N) is 1. The number of hydrogen-bond acceptors (Lipinski definition) is 4. The van der Waals surface area contributed by atoms with Crippen LogP contribution in [0.3, 0.4) is 0 Å². The molecule has 3 rings (SSSR count). The highest BCUT2D eigenvalue weighted by atomic mass is 16.5. The standard InChI is InChI=1S/C16H16N4O/c1-20-12-14(18-19-20)11-17-13-7-9-16(10-8-13)21-15-5-3-2-4-6-15/h2-10,12,17H,11H2,1H3. The first-order valence-electron chi connectivity index (χ1n) is 6.72. The van der Waals surface area contributed by atoms with E-state index in [0.717, 1.165) is 22.9 Å². The predicted octanol–water partition coefficient (Wildman–Crippen LogP) is 3.22. The van der Waals surface area contributed by atoms with Gasteiger partial charge in [-0.1, -0.05) is 23.4 Å². The zero-order valence-corrected chi connectivity index (χ0v) is 11.7. The van der Waals surface area contributed by atoms with E-state index in [1.165, 1.54) is 0 Å². The fourth-order valence-electron chi connectivity index (χ4n) is 1.93. The lowest BCUT2D eigenvalue weighted by Crippen LogP contribution is -1.99. The SMILES string of the molecule is Cn1cc(CNc2ccc(Oc3ccccc3)cc2)nn1. The first kappa shape index (κ1) is 13.2. The number of aryl methyl sites for hydroxylation is 1. The van der Waals surface area contributed by atoms with Crippen LogP contribution in [0.5, 0.6) is 11.5 Å². The van der Waals surface area contributed by atoms with Gasteiger partial charge in [-0.3, -0.25) is 4.68 Å². The van der Waals surface area contributed by atoms with Crippen LogP contribution < -0.4 is 10.1 Å². The first-order valence-corrected chi connectivity index (χ1v) is 6.72. The molecule has 2 aromatic carbocycles.